The lowest BCUT2D eigenvalue weighted by atomic mass is 9.79. The summed E-state index contributed by atoms with van der Waals surface area (Å²) in [6.45, 7) is 4.03. The molecule has 3 aliphatic heterocycles. The van der Waals surface area contributed by atoms with Crippen molar-refractivity contribution in [3.05, 3.63) is 73.2 Å². The van der Waals surface area contributed by atoms with Gasteiger partial charge in [0.05, 0.1) is 24.1 Å². The Morgan fingerprint density at radius 2 is 1.88 bits per heavy atom. The molecule has 0 aliphatic carbocycles. The third kappa shape index (κ3) is 5.68. The van der Waals surface area contributed by atoms with Crippen molar-refractivity contribution in [2.75, 3.05) is 11.9 Å². The third-order valence-corrected chi connectivity index (χ3v) is 10.4. The van der Waals surface area contributed by atoms with Gasteiger partial charge in [-0.1, -0.05) is 53.9 Å². The van der Waals surface area contributed by atoms with E-state index in [1.54, 1.807) is 36.4 Å². The van der Waals surface area contributed by atoms with Crippen molar-refractivity contribution in [3.8, 4) is 0 Å². The Hall–Kier alpha value is -2.60. The number of nitrogens with zero attached hydrogens (tertiary/aromatic N) is 2. The van der Waals surface area contributed by atoms with Crippen LogP contribution in [-0.4, -0.2) is 74.1 Å². The standard InChI is InChI=1S/C29H28Cl3N3O6S/c1-13-24-23(14(2)37)28(39)35(24)25(29(40)41)26(13)42-18-9-22(27(38)33-17-5-3-4-15(6-17)12-36)34(10-18)11-19-20(31)7-16(30)8-21(19)32/h3-8,12-14,18,22-24,37H,9-11H2,1-2H3,(H,33,38)(H,40,41)/t13-,14-,18+,22+,23-,24-/m1/s1. The average molecular weight is 653 g/mol. The van der Waals surface area contributed by atoms with Crippen LogP contribution in [0.3, 0.4) is 0 Å². The van der Waals surface area contributed by atoms with Crippen LogP contribution in [0, 0.1) is 11.8 Å². The number of hydrogen-bond acceptors (Lipinski definition) is 7. The van der Waals surface area contributed by atoms with Gasteiger partial charge in [-0.2, -0.15) is 0 Å². The van der Waals surface area contributed by atoms with Gasteiger partial charge in [-0.3, -0.25) is 19.3 Å². The van der Waals surface area contributed by atoms with Crippen molar-refractivity contribution in [1.82, 2.24) is 9.80 Å². The number of aliphatic carboxylic acids is 1. The SMILES string of the molecule is C[C@@H](O)[C@H]1C(=O)N2C(C(=O)O)=C(S[C@H]3C[C@@H](C(=O)Nc4cccc(C=O)c4)N(Cc4c(Cl)cc(Cl)cc4Cl)C3)[C@H](C)[C@H]12. The zero-order valence-corrected chi connectivity index (χ0v) is 25.7. The molecule has 13 heteroatoms. The second kappa shape index (κ2) is 12.2. The van der Waals surface area contributed by atoms with Gasteiger partial charge in [-0.15, -0.1) is 11.8 Å². The first-order valence-electron chi connectivity index (χ1n) is 13.3. The molecule has 0 unspecified atom stereocenters. The lowest BCUT2D eigenvalue weighted by Crippen LogP contribution is -2.63. The van der Waals surface area contributed by atoms with Crippen molar-refractivity contribution in [2.45, 2.75) is 50.3 Å². The summed E-state index contributed by atoms with van der Waals surface area (Å²) in [5.41, 5.74) is 1.43. The van der Waals surface area contributed by atoms with Crippen molar-refractivity contribution in [1.29, 1.82) is 0 Å². The van der Waals surface area contributed by atoms with Gasteiger partial charge in [0.2, 0.25) is 11.8 Å². The van der Waals surface area contributed by atoms with Crippen LogP contribution < -0.4 is 5.32 Å². The third-order valence-electron chi connectivity index (χ3n) is 8.03. The number of rotatable bonds is 9. The Morgan fingerprint density at radius 1 is 1.19 bits per heavy atom. The summed E-state index contributed by atoms with van der Waals surface area (Å²) >= 11 is 20.4. The number of aliphatic hydroxyl groups is 1. The molecule has 6 atom stereocenters. The summed E-state index contributed by atoms with van der Waals surface area (Å²) < 4.78 is 0. The van der Waals surface area contributed by atoms with Gasteiger partial charge >= 0.3 is 5.97 Å². The molecule has 0 aromatic heterocycles. The minimum Gasteiger partial charge on any atom is -0.477 e. The summed E-state index contributed by atoms with van der Waals surface area (Å²) in [6.07, 6.45) is 0.164. The topological polar surface area (TPSA) is 127 Å². The number of carbonyl (C=O) groups is 4. The van der Waals surface area contributed by atoms with Crippen LogP contribution in [0.15, 0.2) is 47.0 Å². The van der Waals surface area contributed by atoms with Crippen molar-refractivity contribution in [2.24, 2.45) is 11.8 Å². The van der Waals surface area contributed by atoms with Gasteiger partial charge in [-0.05, 0) is 37.6 Å². The van der Waals surface area contributed by atoms with E-state index in [9.17, 15) is 29.4 Å². The summed E-state index contributed by atoms with van der Waals surface area (Å²) in [6, 6.07) is 8.66. The fourth-order valence-corrected chi connectivity index (χ4v) is 8.59. The molecule has 2 amide bonds. The molecule has 42 heavy (non-hydrogen) atoms. The van der Waals surface area contributed by atoms with E-state index in [1.165, 1.54) is 23.6 Å². The van der Waals surface area contributed by atoms with Crippen LogP contribution >= 0.6 is 46.6 Å². The van der Waals surface area contributed by atoms with E-state index in [0.29, 0.717) is 56.0 Å². The number of likely N-dealkylation sites (tertiary alicyclic amines) is 1. The molecule has 0 radical (unpaired) electrons. The molecule has 2 aromatic carbocycles. The fourth-order valence-electron chi connectivity index (χ4n) is 6.09. The summed E-state index contributed by atoms with van der Waals surface area (Å²) in [4.78, 5) is 53.7. The molecule has 9 nitrogen and oxygen atoms in total. The summed E-state index contributed by atoms with van der Waals surface area (Å²) in [5.74, 6) is -2.87. The number of aldehydes is 1. The first kappa shape index (κ1) is 30.8. The van der Waals surface area contributed by atoms with Crippen LogP contribution in [0.25, 0.3) is 0 Å². The van der Waals surface area contributed by atoms with Crippen LogP contribution in [-0.2, 0) is 20.9 Å². The zero-order valence-electron chi connectivity index (χ0n) is 22.6. The van der Waals surface area contributed by atoms with Crippen molar-refractivity contribution < 1.29 is 29.4 Å². The highest BCUT2D eigenvalue weighted by Crippen LogP contribution is 2.52. The highest BCUT2D eigenvalue weighted by atomic mass is 35.5. The maximum Gasteiger partial charge on any atom is 0.353 e. The molecule has 3 N–H and O–H groups in total. The van der Waals surface area contributed by atoms with Gasteiger partial charge in [0.1, 0.15) is 12.0 Å². The minimum atomic E-state index is -1.21. The fraction of sp³-hybridized carbons (Fsp3) is 0.379. The van der Waals surface area contributed by atoms with Crippen molar-refractivity contribution in [3.63, 3.8) is 0 Å². The van der Waals surface area contributed by atoms with E-state index in [1.807, 2.05) is 11.8 Å². The number of carboxylic acid groups (broad SMARTS) is 1. The number of benzene rings is 2. The molecule has 3 heterocycles. The Balaban J connectivity index is 1.43. The van der Waals surface area contributed by atoms with Crippen LogP contribution in [0.4, 0.5) is 5.69 Å². The van der Waals surface area contributed by atoms with Gasteiger partial charge < -0.3 is 20.4 Å². The van der Waals surface area contributed by atoms with E-state index < -0.39 is 36.0 Å². The van der Waals surface area contributed by atoms with Crippen LogP contribution in [0.1, 0.15) is 36.2 Å². The van der Waals surface area contributed by atoms with E-state index >= 15 is 0 Å². The number of thioether (sulfide) groups is 1. The zero-order chi connectivity index (χ0) is 30.5. The first-order valence-corrected chi connectivity index (χ1v) is 15.3. The molecule has 2 fully saturated rings. The Morgan fingerprint density at radius 3 is 2.50 bits per heavy atom. The maximum atomic E-state index is 13.6. The molecular formula is C29H28Cl3N3O6S. The molecule has 222 valence electrons. The highest BCUT2D eigenvalue weighted by Gasteiger charge is 2.60. The highest BCUT2D eigenvalue weighted by molar-refractivity contribution is 8.03. The van der Waals surface area contributed by atoms with E-state index in [0.717, 1.165) is 0 Å². The second-order valence-corrected chi connectivity index (χ2v) is 13.4. The van der Waals surface area contributed by atoms with Gasteiger partial charge in [0.15, 0.2) is 0 Å². The molecule has 5 rings (SSSR count). The number of halogens is 3. The Kier molecular flexibility index (Phi) is 8.95. The number of aliphatic hydroxyl groups excluding tert-OH is 1. The van der Waals surface area contributed by atoms with Gasteiger partial charge in [-0.25, -0.2) is 4.79 Å². The van der Waals surface area contributed by atoms with E-state index in [4.69, 9.17) is 34.8 Å². The van der Waals surface area contributed by atoms with Crippen LogP contribution in [0.5, 0.6) is 0 Å². The lowest BCUT2D eigenvalue weighted by Gasteiger charge is -2.46. The van der Waals surface area contributed by atoms with Gasteiger partial charge in [0.25, 0.3) is 0 Å². The molecule has 2 saturated heterocycles. The molecule has 3 aliphatic rings. The van der Waals surface area contributed by atoms with Crippen LogP contribution in [0.2, 0.25) is 15.1 Å². The molecule has 0 spiro atoms. The second-order valence-electron chi connectivity index (χ2n) is 10.8. The normalized spacial score (nSPS) is 26.2. The first-order chi connectivity index (χ1) is 19.9. The molecule has 2 aromatic rings. The number of amides is 2. The number of β-lactam (4-membered cyclic amide) rings is 1. The Labute approximate surface area is 261 Å². The number of carboxylic acids is 1. The molecule has 0 bridgehead atoms. The minimum absolute atomic E-state index is 0.0617. The van der Waals surface area contributed by atoms with Crippen molar-refractivity contribution >= 4 is 76.3 Å². The molecule has 0 saturated carbocycles. The van der Waals surface area contributed by atoms with E-state index in [-0.39, 0.29) is 29.3 Å². The van der Waals surface area contributed by atoms with E-state index in [2.05, 4.69) is 5.32 Å². The number of fused-ring (bicyclic) bond motifs is 1. The maximum absolute atomic E-state index is 13.6. The Bertz CT molecular complexity index is 1480. The summed E-state index contributed by atoms with van der Waals surface area (Å²) in [7, 11) is 0. The number of nitrogens with one attached hydrogen (secondary N) is 1. The predicted octanol–water partition coefficient (Wildman–Crippen LogP) is 4.93. The number of carbonyl (C=O) groups excluding carboxylic acids is 3. The quantitative estimate of drug-likeness (QED) is 0.257. The van der Waals surface area contributed by atoms with Gasteiger partial charge in [0, 0.05) is 61.0 Å². The monoisotopic (exact) mass is 651 g/mol. The summed E-state index contributed by atoms with van der Waals surface area (Å²) in [5, 5.41) is 24.0. The molecular weight excluding hydrogens is 625 g/mol. The average Bonchev–Trinajstić information content (AvgIpc) is 3.42. The predicted molar refractivity (Wildman–Crippen MR) is 162 cm³/mol. The smallest absolute Gasteiger partial charge is 0.353 e. The largest absolute Gasteiger partial charge is 0.477 e. The number of anilines is 1. The lowest BCUT2D eigenvalue weighted by molar-refractivity contribution is -0.163. The number of hydrogen-bond donors (Lipinski definition) is 3.